The summed E-state index contributed by atoms with van der Waals surface area (Å²) in [5.74, 6) is -1.10. The number of ether oxygens (including phenoxy) is 1. The predicted octanol–water partition coefficient (Wildman–Crippen LogP) is 0.0414. The fourth-order valence-electron chi connectivity index (χ4n) is 3.38. The van der Waals surface area contributed by atoms with E-state index in [1.807, 2.05) is 35.4 Å². The first-order chi connectivity index (χ1) is 18.9. The highest BCUT2D eigenvalue weighted by Gasteiger charge is 2.35. The van der Waals surface area contributed by atoms with Crippen molar-refractivity contribution in [2.24, 2.45) is 0 Å². The summed E-state index contributed by atoms with van der Waals surface area (Å²) in [5, 5.41) is 35.4. The first kappa shape index (κ1) is 32.8. The van der Waals surface area contributed by atoms with Gasteiger partial charge in [0.15, 0.2) is 0 Å². The summed E-state index contributed by atoms with van der Waals surface area (Å²) in [5.41, 5.74) is 1.24. The van der Waals surface area contributed by atoms with Crippen molar-refractivity contribution in [1.82, 2.24) is 10.4 Å². The minimum Gasteiger partial charge on any atom is -0.497 e. The van der Waals surface area contributed by atoms with Crippen molar-refractivity contribution in [3.63, 3.8) is 0 Å². The van der Waals surface area contributed by atoms with Crippen LogP contribution in [-0.2, 0) is 34.9 Å². The summed E-state index contributed by atoms with van der Waals surface area (Å²) in [7, 11) is -3.40. The molecular formula is C25H34N3O11P. The Hall–Kier alpha value is -3.36. The second-order valence-corrected chi connectivity index (χ2v) is 10.2. The molecule has 1 unspecified atom stereocenters. The van der Waals surface area contributed by atoms with E-state index in [1.165, 1.54) is 19.1 Å². The molecule has 0 heterocycles. The van der Waals surface area contributed by atoms with E-state index in [9.17, 15) is 39.2 Å². The maximum absolute atomic E-state index is 12.9. The van der Waals surface area contributed by atoms with Gasteiger partial charge in [-0.3, -0.25) is 24.0 Å². The van der Waals surface area contributed by atoms with Gasteiger partial charge in [-0.05, 0) is 36.8 Å². The fourth-order valence-corrected chi connectivity index (χ4v) is 4.26. The number of aliphatic hydroxyl groups is 3. The molecule has 15 heteroatoms. The number of aliphatic hydroxyl groups excluding tert-OH is 3. The number of methoxy groups -OCH3 is 1. The Morgan fingerprint density at radius 3 is 2.23 bits per heavy atom. The number of hydrogen-bond acceptors (Lipinski definition) is 11. The molecule has 0 aliphatic carbocycles. The van der Waals surface area contributed by atoms with E-state index < -0.39 is 56.6 Å². The lowest BCUT2D eigenvalue weighted by Crippen LogP contribution is -2.53. The van der Waals surface area contributed by atoms with Crippen molar-refractivity contribution in [2.45, 2.75) is 50.8 Å². The van der Waals surface area contributed by atoms with Gasteiger partial charge < -0.3 is 35.1 Å². The molecule has 0 radical (unpaired) electrons. The Kier molecular flexibility index (Phi) is 12.7. The van der Waals surface area contributed by atoms with Gasteiger partial charge in [-0.1, -0.05) is 30.3 Å². The summed E-state index contributed by atoms with van der Waals surface area (Å²) in [6.07, 6.45) is -5.82. The lowest BCUT2D eigenvalue weighted by molar-refractivity contribution is -0.129. The third-order valence-corrected chi connectivity index (χ3v) is 6.57. The molecular weight excluding hydrogens is 549 g/mol. The zero-order chi connectivity index (χ0) is 29.9. The number of hydrogen-bond donors (Lipinski definition) is 6. The van der Waals surface area contributed by atoms with E-state index in [4.69, 9.17) is 14.1 Å². The zero-order valence-corrected chi connectivity index (χ0v) is 23.0. The molecule has 0 saturated heterocycles. The molecule has 0 saturated carbocycles. The van der Waals surface area contributed by atoms with Gasteiger partial charge in [0, 0.05) is 6.92 Å². The Morgan fingerprint density at radius 1 is 1.05 bits per heavy atom. The Labute approximate surface area is 231 Å². The molecule has 14 nitrogen and oxygen atoms in total. The maximum atomic E-state index is 12.9. The number of benzene rings is 2. The van der Waals surface area contributed by atoms with Gasteiger partial charge in [-0.15, -0.1) is 0 Å². The third-order valence-electron chi connectivity index (χ3n) is 5.57. The van der Waals surface area contributed by atoms with Crippen LogP contribution in [-0.4, -0.2) is 82.4 Å². The molecule has 6 atom stereocenters. The van der Waals surface area contributed by atoms with Crippen molar-refractivity contribution in [1.29, 1.82) is 0 Å². The number of nitrogens with one attached hydrogen (secondary N) is 2. The fraction of sp³-hybridized carbons (Fsp3) is 0.400. The van der Waals surface area contributed by atoms with E-state index >= 15 is 0 Å². The number of nitrogens with zero attached hydrogens (tertiary/aromatic N) is 1. The Balaban J connectivity index is 2.07. The molecule has 2 aromatic rings. The molecule has 0 aliphatic rings. The van der Waals surface area contributed by atoms with Crippen molar-refractivity contribution >= 4 is 31.5 Å². The quantitative estimate of drug-likeness (QED) is 0.0881. The first-order valence-electron chi connectivity index (χ1n) is 12.0. The van der Waals surface area contributed by atoms with Gasteiger partial charge in [-0.2, -0.15) is 0 Å². The zero-order valence-electron chi connectivity index (χ0n) is 22.1. The standard InChI is InChI=1S/C25H34N3O11P/c1-16(28(19-9-11-20(37-3)12-10-19)38-14-18-7-5-4-6-8-18)25(34)27-40(35,36)39-15-22(31)24(33)23(32)21(13-29)26-17(2)30/h4-13,16,21-24,31-33H,14-15H2,1-3H3,(H,26,30)(H2,27,34,35,36)/t16-,21-,22+,23+,24+/m0/s1. The molecule has 0 bridgehead atoms. The summed E-state index contributed by atoms with van der Waals surface area (Å²) < 4.78 is 22.4. The molecule has 0 fully saturated rings. The summed E-state index contributed by atoms with van der Waals surface area (Å²) in [6.45, 7) is 1.55. The Bertz CT molecular complexity index is 1150. The second-order valence-electron chi connectivity index (χ2n) is 8.66. The van der Waals surface area contributed by atoms with Gasteiger partial charge in [0.05, 0.1) is 26.0 Å². The second kappa shape index (κ2) is 15.4. The molecule has 220 valence electrons. The van der Waals surface area contributed by atoms with Gasteiger partial charge in [0.1, 0.15) is 42.4 Å². The van der Waals surface area contributed by atoms with Crippen molar-refractivity contribution in [3.05, 3.63) is 60.2 Å². The van der Waals surface area contributed by atoms with Crippen molar-refractivity contribution < 1.29 is 53.3 Å². The molecule has 2 amide bonds. The molecule has 0 aromatic heterocycles. The number of aldehydes is 1. The number of hydroxylamine groups is 1. The molecule has 0 aliphatic heterocycles. The number of amides is 2. The van der Waals surface area contributed by atoms with Crippen LogP contribution < -0.4 is 20.2 Å². The van der Waals surface area contributed by atoms with Crippen LogP contribution in [0.15, 0.2) is 54.6 Å². The van der Waals surface area contributed by atoms with Crippen molar-refractivity contribution in [3.8, 4) is 5.75 Å². The summed E-state index contributed by atoms with van der Waals surface area (Å²) >= 11 is 0. The van der Waals surface area contributed by atoms with Crippen LogP contribution in [0.4, 0.5) is 5.69 Å². The normalized spacial score (nSPS) is 16.4. The Morgan fingerprint density at radius 2 is 1.68 bits per heavy atom. The van der Waals surface area contributed by atoms with Crippen LogP contribution >= 0.6 is 7.75 Å². The lowest BCUT2D eigenvalue weighted by atomic mass is 10.0. The predicted molar refractivity (Wildman–Crippen MR) is 142 cm³/mol. The third kappa shape index (κ3) is 9.99. The highest BCUT2D eigenvalue weighted by Crippen LogP contribution is 2.37. The monoisotopic (exact) mass is 583 g/mol. The van der Waals surface area contributed by atoms with E-state index in [1.54, 1.807) is 24.3 Å². The largest absolute Gasteiger partial charge is 0.497 e. The average molecular weight is 584 g/mol. The van der Waals surface area contributed by atoms with E-state index in [0.29, 0.717) is 11.4 Å². The van der Waals surface area contributed by atoms with Crippen LogP contribution in [0.2, 0.25) is 0 Å². The van der Waals surface area contributed by atoms with Gasteiger partial charge >= 0.3 is 7.75 Å². The lowest BCUT2D eigenvalue weighted by Gasteiger charge is -2.30. The number of carbonyl (C=O) groups excluding carboxylic acids is 3. The maximum Gasteiger partial charge on any atom is 0.432 e. The molecule has 0 spiro atoms. The van der Waals surface area contributed by atoms with Crippen LogP contribution in [0.5, 0.6) is 5.75 Å². The SMILES string of the molecule is COc1ccc(N(OCc2ccccc2)[C@@H](C)C(=O)NP(=O)(O)OC[C@@H](O)[C@@H](O)[C@H](O)[C@H](C=O)NC(C)=O)cc1. The summed E-state index contributed by atoms with van der Waals surface area (Å²) in [6, 6.07) is 12.9. The smallest absolute Gasteiger partial charge is 0.432 e. The molecule has 40 heavy (non-hydrogen) atoms. The van der Waals surface area contributed by atoms with Crippen LogP contribution in [0.3, 0.4) is 0 Å². The number of rotatable bonds is 16. The average Bonchev–Trinajstić information content (AvgIpc) is 2.94. The van der Waals surface area contributed by atoms with Gasteiger partial charge in [0.25, 0.3) is 5.91 Å². The highest BCUT2D eigenvalue weighted by molar-refractivity contribution is 7.51. The summed E-state index contributed by atoms with van der Waals surface area (Å²) in [4.78, 5) is 51.2. The van der Waals surface area contributed by atoms with E-state index in [0.717, 1.165) is 12.5 Å². The highest BCUT2D eigenvalue weighted by atomic mass is 31.2. The van der Waals surface area contributed by atoms with E-state index in [-0.39, 0.29) is 12.9 Å². The van der Waals surface area contributed by atoms with E-state index in [2.05, 4.69) is 5.32 Å². The topological polar surface area (TPSA) is 204 Å². The van der Waals surface area contributed by atoms with Crippen molar-refractivity contribution in [2.75, 3.05) is 18.8 Å². The number of anilines is 1. The van der Waals surface area contributed by atoms with Gasteiger partial charge in [-0.25, -0.2) is 9.63 Å². The molecule has 6 N–H and O–H groups in total. The first-order valence-corrected chi connectivity index (χ1v) is 13.6. The van der Waals surface area contributed by atoms with Crippen LogP contribution in [0.1, 0.15) is 19.4 Å². The number of carbonyl (C=O) groups is 3. The minimum absolute atomic E-state index is 0.0739. The van der Waals surface area contributed by atoms with Gasteiger partial charge in [0.2, 0.25) is 5.91 Å². The molecule has 2 aromatic carbocycles. The minimum atomic E-state index is -4.89. The molecule has 2 rings (SSSR count). The van der Waals surface area contributed by atoms with Crippen LogP contribution in [0.25, 0.3) is 0 Å². The van der Waals surface area contributed by atoms with Crippen LogP contribution in [0, 0.1) is 0 Å².